The van der Waals surface area contributed by atoms with E-state index >= 15 is 0 Å². The quantitative estimate of drug-likeness (QED) is 0.529. The van der Waals surface area contributed by atoms with Gasteiger partial charge in [0.1, 0.15) is 0 Å². The van der Waals surface area contributed by atoms with Crippen molar-refractivity contribution < 1.29 is 0 Å². The van der Waals surface area contributed by atoms with E-state index in [0.717, 1.165) is 39.7 Å². The summed E-state index contributed by atoms with van der Waals surface area (Å²) in [5, 5.41) is 7.16. The first-order chi connectivity index (χ1) is 13.8. The average molecular weight is 388 g/mol. The summed E-state index contributed by atoms with van der Waals surface area (Å²) in [5.41, 5.74) is 5.57. The van der Waals surface area contributed by atoms with Crippen molar-refractivity contribution in [3.63, 3.8) is 0 Å². The fraction of sp³-hybridized carbons (Fsp3) is 0.273. The number of hydrogen-bond acceptors (Lipinski definition) is 5. The molecular weight excluding hydrogens is 368 g/mol. The lowest BCUT2D eigenvalue weighted by Crippen LogP contribution is -2.24. The van der Waals surface area contributed by atoms with Gasteiger partial charge in [-0.2, -0.15) is 5.10 Å². The van der Waals surface area contributed by atoms with Gasteiger partial charge in [-0.1, -0.05) is 6.07 Å². The molecular formula is C22H20N4OS. The second-order valence-electron chi connectivity index (χ2n) is 7.16. The van der Waals surface area contributed by atoms with Crippen LogP contribution in [0.25, 0.3) is 21.2 Å². The Morgan fingerprint density at radius 3 is 2.82 bits per heavy atom. The molecule has 4 heterocycles. The largest absolute Gasteiger partial charge is 0.276 e. The van der Waals surface area contributed by atoms with Crippen molar-refractivity contribution in [2.24, 2.45) is 0 Å². The van der Waals surface area contributed by atoms with Crippen molar-refractivity contribution in [1.29, 1.82) is 0 Å². The molecule has 0 saturated heterocycles. The van der Waals surface area contributed by atoms with E-state index < -0.39 is 0 Å². The minimum Gasteiger partial charge on any atom is -0.267 e. The number of aromatic nitrogens is 4. The summed E-state index contributed by atoms with van der Waals surface area (Å²) in [4.78, 5) is 22.0. The summed E-state index contributed by atoms with van der Waals surface area (Å²) in [7, 11) is 0. The molecule has 6 heteroatoms. The van der Waals surface area contributed by atoms with Crippen molar-refractivity contribution in [2.75, 3.05) is 0 Å². The van der Waals surface area contributed by atoms with E-state index in [1.54, 1.807) is 34.6 Å². The Morgan fingerprint density at radius 2 is 1.93 bits per heavy atom. The number of nitrogens with zero attached hydrogens (tertiary/aromatic N) is 4. The molecule has 28 heavy (non-hydrogen) atoms. The number of aryl methyl sites for hydroxylation is 4. The van der Waals surface area contributed by atoms with E-state index in [4.69, 9.17) is 4.98 Å². The molecule has 1 aliphatic carbocycles. The Bertz CT molecular complexity index is 1200. The number of thiophene rings is 1. The summed E-state index contributed by atoms with van der Waals surface area (Å²) in [6.45, 7) is 0.534. The molecule has 140 valence electrons. The van der Waals surface area contributed by atoms with Crippen LogP contribution in [0.1, 0.15) is 29.8 Å². The molecule has 0 saturated carbocycles. The molecule has 5 nitrogen and oxygen atoms in total. The highest BCUT2D eigenvalue weighted by molar-refractivity contribution is 7.17. The van der Waals surface area contributed by atoms with Crippen LogP contribution in [-0.4, -0.2) is 19.7 Å². The van der Waals surface area contributed by atoms with Crippen LogP contribution in [0.5, 0.6) is 0 Å². The van der Waals surface area contributed by atoms with Gasteiger partial charge in [-0.25, -0.2) is 4.68 Å². The number of rotatable bonds is 4. The van der Waals surface area contributed by atoms with Crippen molar-refractivity contribution in [3.05, 3.63) is 75.5 Å². The number of pyridine rings is 2. The Balaban J connectivity index is 1.45. The molecule has 0 bridgehead atoms. The maximum absolute atomic E-state index is 13.1. The number of fused-ring (bicyclic) bond motifs is 2. The molecule has 0 aromatic carbocycles. The van der Waals surface area contributed by atoms with Crippen LogP contribution in [0.15, 0.2) is 53.0 Å². The first kappa shape index (κ1) is 17.3. The van der Waals surface area contributed by atoms with Gasteiger partial charge in [-0.3, -0.25) is 14.8 Å². The molecule has 0 aliphatic heterocycles. The molecule has 0 unspecified atom stereocenters. The normalized spacial score (nSPS) is 13.6. The fourth-order valence-electron chi connectivity index (χ4n) is 3.88. The standard InChI is InChI=1S/C22H20N4OS/c27-22-21-18(15-7-10-23-11-8-15)14-28-20(21)13-24-26(22)12-9-17-6-5-16-3-1-2-4-19(16)25-17/h5-8,10-11,13-14H,1-4,9,12H2. The third-order valence-corrected chi connectivity index (χ3v) is 6.31. The third-order valence-electron chi connectivity index (χ3n) is 5.39. The maximum atomic E-state index is 13.1. The first-order valence-electron chi connectivity index (χ1n) is 9.65. The van der Waals surface area contributed by atoms with Gasteiger partial charge in [0.25, 0.3) is 5.56 Å². The highest BCUT2D eigenvalue weighted by Crippen LogP contribution is 2.30. The lowest BCUT2D eigenvalue weighted by molar-refractivity contribution is 0.576. The first-order valence-corrected chi connectivity index (χ1v) is 10.5. The summed E-state index contributed by atoms with van der Waals surface area (Å²) < 4.78 is 2.49. The summed E-state index contributed by atoms with van der Waals surface area (Å²) in [5.74, 6) is 0. The smallest absolute Gasteiger partial charge is 0.267 e. The van der Waals surface area contributed by atoms with E-state index in [2.05, 4.69) is 22.2 Å². The second-order valence-corrected chi connectivity index (χ2v) is 8.07. The van der Waals surface area contributed by atoms with Crippen molar-refractivity contribution in [3.8, 4) is 11.1 Å². The van der Waals surface area contributed by atoms with Crippen LogP contribution in [0.3, 0.4) is 0 Å². The lowest BCUT2D eigenvalue weighted by atomic mass is 9.96. The molecule has 0 N–H and O–H groups in total. The topological polar surface area (TPSA) is 60.7 Å². The fourth-order valence-corrected chi connectivity index (χ4v) is 4.80. The third kappa shape index (κ3) is 3.14. The Morgan fingerprint density at radius 1 is 1.07 bits per heavy atom. The van der Waals surface area contributed by atoms with Gasteiger partial charge in [0, 0.05) is 41.1 Å². The molecule has 0 spiro atoms. The highest BCUT2D eigenvalue weighted by atomic mass is 32.1. The van der Waals surface area contributed by atoms with Gasteiger partial charge < -0.3 is 0 Å². The van der Waals surface area contributed by atoms with Crippen LogP contribution < -0.4 is 5.56 Å². The predicted molar refractivity (Wildman–Crippen MR) is 112 cm³/mol. The van der Waals surface area contributed by atoms with E-state index in [0.29, 0.717) is 13.0 Å². The van der Waals surface area contributed by atoms with Crippen LogP contribution in [0.2, 0.25) is 0 Å². The minimum absolute atomic E-state index is 0.0384. The molecule has 0 amide bonds. The van der Waals surface area contributed by atoms with Gasteiger partial charge in [-0.15, -0.1) is 11.3 Å². The van der Waals surface area contributed by atoms with Crippen LogP contribution in [0.4, 0.5) is 0 Å². The second kappa shape index (κ2) is 7.28. The van der Waals surface area contributed by atoms with E-state index in [-0.39, 0.29) is 5.56 Å². The molecule has 0 fully saturated rings. The van der Waals surface area contributed by atoms with E-state index in [1.165, 1.54) is 24.1 Å². The van der Waals surface area contributed by atoms with Gasteiger partial charge in [-0.05, 0) is 55.0 Å². The number of hydrogen-bond donors (Lipinski definition) is 0. The maximum Gasteiger partial charge on any atom is 0.276 e. The summed E-state index contributed by atoms with van der Waals surface area (Å²) in [6.07, 6.45) is 10.7. The molecule has 0 atom stereocenters. The van der Waals surface area contributed by atoms with Crippen LogP contribution in [-0.2, 0) is 25.8 Å². The summed E-state index contributed by atoms with van der Waals surface area (Å²) in [6, 6.07) is 8.17. The van der Waals surface area contributed by atoms with Crippen LogP contribution >= 0.6 is 11.3 Å². The Hall–Kier alpha value is -2.86. The van der Waals surface area contributed by atoms with Gasteiger partial charge in [0.05, 0.1) is 22.8 Å². The summed E-state index contributed by atoms with van der Waals surface area (Å²) >= 11 is 1.55. The highest BCUT2D eigenvalue weighted by Gasteiger charge is 2.14. The molecule has 4 aromatic heterocycles. The molecule has 5 rings (SSSR count). The zero-order valence-corrected chi connectivity index (χ0v) is 16.3. The molecule has 1 aliphatic rings. The van der Waals surface area contributed by atoms with Crippen molar-refractivity contribution in [1.82, 2.24) is 19.7 Å². The SMILES string of the molecule is O=c1c2c(-c3ccncc3)csc2cnn1CCc1ccc2c(n1)CCCC2. The Labute approximate surface area is 166 Å². The minimum atomic E-state index is -0.0384. The Kier molecular flexibility index (Phi) is 4.49. The van der Waals surface area contributed by atoms with E-state index in [9.17, 15) is 4.79 Å². The monoisotopic (exact) mass is 388 g/mol. The van der Waals surface area contributed by atoms with E-state index in [1.807, 2.05) is 17.5 Å². The molecule has 0 radical (unpaired) electrons. The lowest BCUT2D eigenvalue weighted by Gasteiger charge is -2.15. The average Bonchev–Trinajstić information content (AvgIpc) is 3.19. The molecule has 4 aromatic rings. The van der Waals surface area contributed by atoms with Gasteiger partial charge in [0.2, 0.25) is 0 Å². The van der Waals surface area contributed by atoms with Crippen molar-refractivity contribution >= 4 is 21.4 Å². The van der Waals surface area contributed by atoms with Crippen molar-refractivity contribution in [2.45, 2.75) is 38.6 Å². The van der Waals surface area contributed by atoms with Gasteiger partial charge >= 0.3 is 0 Å². The predicted octanol–water partition coefficient (Wildman–Crippen LogP) is 4.04. The zero-order chi connectivity index (χ0) is 18.9. The van der Waals surface area contributed by atoms with Gasteiger partial charge in [0.15, 0.2) is 0 Å². The van der Waals surface area contributed by atoms with Crippen LogP contribution in [0, 0.1) is 0 Å². The zero-order valence-electron chi connectivity index (χ0n) is 15.5.